The number of allylic oxidation sites excluding steroid dienone is 1. The lowest BCUT2D eigenvalue weighted by Crippen LogP contribution is -1.98. The minimum atomic E-state index is -0.271. The molecule has 0 unspecified atom stereocenters. The summed E-state index contributed by atoms with van der Waals surface area (Å²) >= 11 is 0. The molecule has 0 amide bonds. The summed E-state index contributed by atoms with van der Waals surface area (Å²) in [5.41, 5.74) is 1.90. The van der Waals surface area contributed by atoms with E-state index in [9.17, 15) is 9.59 Å². The van der Waals surface area contributed by atoms with Crippen molar-refractivity contribution >= 4 is 12.3 Å². The third-order valence-corrected chi connectivity index (χ3v) is 3.04. The average Bonchev–Trinajstić information content (AvgIpc) is 2.47. The van der Waals surface area contributed by atoms with E-state index in [1.807, 2.05) is 30.3 Å². The molecule has 0 N–H and O–H groups in total. The van der Waals surface area contributed by atoms with Gasteiger partial charge in [-0.15, -0.1) is 0 Å². The number of ether oxygens (including phenoxy) is 1. The molecule has 20 heavy (non-hydrogen) atoms. The molecule has 0 aromatic heterocycles. The molecule has 0 aliphatic carbocycles. The van der Waals surface area contributed by atoms with E-state index >= 15 is 0 Å². The van der Waals surface area contributed by atoms with Gasteiger partial charge in [-0.25, -0.2) is 4.79 Å². The topological polar surface area (TPSA) is 43.4 Å². The first kappa shape index (κ1) is 16.2. The first-order chi connectivity index (χ1) is 9.77. The van der Waals surface area contributed by atoms with Crippen molar-refractivity contribution in [1.29, 1.82) is 0 Å². The Kier molecular flexibility index (Phi) is 8.04. The standard InChI is InChI=1S/C17H22O3/c1-2-20-17(19)13-7-5-3-4-6-10-15-11-8-9-12-16(15)14-18/h7-9,11-14H,2-6,10H2,1H3/b13-7+. The van der Waals surface area contributed by atoms with Crippen molar-refractivity contribution in [3.8, 4) is 0 Å². The number of unbranched alkanes of at least 4 members (excludes halogenated alkanes) is 3. The molecule has 0 saturated heterocycles. The molecule has 108 valence electrons. The fraction of sp³-hybridized carbons (Fsp3) is 0.412. The Morgan fingerprint density at radius 3 is 2.75 bits per heavy atom. The van der Waals surface area contributed by atoms with Crippen LogP contribution in [0.4, 0.5) is 0 Å². The van der Waals surface area contributed by atoms with Crippen LogP contribution in [0, 0.1) is 0 Å². The number of rotatable bonds is 9. The van der Waals surface area contributed by atoms with Crippen LogP contribution in [-0.4, -0.2) is 18.9 Å². The highest BCUT2D eigenvalue weighted by atomic mass is 16.5. The van der Waals surface area contributed by atoms with Gasteiger partial charge in [0.05, 0.1) is 6.61 Å². The average molecular weight is 274 g/mol. The largest absolute Gasteiger partial charge is 0.463 e. The van der Waals surface area contributed by atoms with Crippen LogP contribution in [0.2, 0.25) is 0 Å². The first-order valence-corrected chi connectivity index (χ1v) is 7.14. The number of benzene rings is 1. The third kappa shape index (κ3) is 6.32. The zero-order chi connectivity index (χ0) is 14.6. The summed E-state index contributed by atoms with van der Waals surface area (Å²) in [7, 11) is 0. The number of hydrogen-bond acceptors (Lipinski definition) is 3. The normalized spacial score (nSPS) is 10.7. The Morgan fingerprint density at radius 2 is 2.00 bits per heavy atom. The van der Waals surface area contributed by atoms with E-state index in [4.69, 9.17) is 4.74 Å². The van der Waals surface area contributed by atoms with Crippen molar-refractivity contribution in [1.82, 2.24) is 0 Å². The maximum absolute atomic E-state index is 11.0. The second-order valence-electron chi connectivity index (χ2n) is 4.57. The van der Waals surface area contributed by atoms with Crippen LogP contribution in [0.15, 0.2) is 36.4 Å². The van der Waals surface area contributed by atoms with E-state index < -0.39 is 0 Å². The predicted molar refractivity (Wildman–Crippen MR) is 79.8 cm³/mol. The van der Waals surface area contributed by atoms with Gasteiger partial charge in [0.1, 0.15) is 6.29 Å². The van der Waals surface area contributed by atoms with Gasteiger partial charge >= 0.3 is 5.97 Å². The van der Waals surface area contributed by atoms with E-state index in [2.05, 4.69) is 0 Å². The van der Waals surface area contributed by atoms with Gasteiger partial charge in [0.2, 0.25) is 0 Å². The van der Waals surface area contributed by atoms with Crippen molar-refractivity contribution in [2.45, 2.75) is 39.0 Å². The van der Waals surface area contributed by atoms with Crippen molar-refractivity contribution in [2.24, 2.45) is 0 Å². The molecular weight excluding hydrogens is 252 g/mol. The molecule has 0 saturated carbocycles. The number of aryl methyl sites for hydroxylation is 1. The smallest absolute Gasteiger partial charge is 0.330 e. The summed E-state index contributed by atoms with van der Waals surface area (Å²) < 4.78 is 4.79. The molecule has 3 nitrogen and oxygen atoms in total. The van der Waals surface area contributed by atoms with Crippen LogP contribution in [0.1, 0.15) is 48.5 Å². The molecule has 1 rings (SSSR count). The van der Waals surface area contributed by atoms with Gasteiger partial charge < -0.3 is 4.74 Å². The van der Waals surface area contributed by atoms with E-state index in [0.29, 0.717) is 6.61 Å². The van der Waals surface area contributed by atoms with Crippen molar-refractivity contribution in [3.05, 3.63) is 47.5 Å². The molecule has 1 aromatic rings. The molecule has 0 radical (unpaired) electrons. The number of carbonyl (C=O) groups excluding carboxylic acids is 2. The maximum Gasteiger partial charge on any atom is 0.330 e. The van der Waals surface area contributed by atoms with Crippen LogP contribution in [0.25, 0.3) is 0 Å². The minimum Gasteiger partial charge on any atom is -0.463 e. The summed E-state index contributed by atoms with van der Waals surface area (Å²) in [5, 5.41) is 0. The molecule has 3 heteroatoms. The van der Waals surface area contributed by atoms with E-state index in [1.165, 1.54) is 6.08 Å². The number of aldehydes is 1. The molecule has 0 heterocycles. The van der Waals surface area contributed by atoms with Crippen LogP contribution >= 0.6 is 0 Å². The lowest BCUT2D eigenvalue weighted by molar-refractivity contribution is -0.137. The molecule has 0 bridgehead atoms. The van der Waals surface area contributed by atoms with Crippen LogP contribution < -0.4 is 0 Å². The summed E-state index contributed by atoms with van der Waals surface area (Å²) in [5.74, 6) is -0.271. The van der Waals surface area contributed by atoms with Crippen molar-refractivity contribution in [3.63, 3.8) is 0 Å². The fourth-order valence-electron chi connectivity index (χ4n) is 2.00. The van der Waals surface area contributed by atoms with E-state index in [-0.39, 0.29) is 5.97 Å². The van der Waals surface area contributed by atoms with Gasteiger partial charge in [-0.2, -0.15) is 0 Å². The zero-order valence-corrected chi connectivity index (χ0v) is 12.0. The number of esters is 1. The van der Waals surface area contributed by atoms with Crippen LogP contribution in [-0.2, 0) is 16.0 Å². The Bertz CT molecular complexity index is 449. The molecule has 0 aliphatic heterocycles. The van der Waals surface area contributed by atoms with Gasteiger partial charge in [0.15, 0.2) is 0 Å². The minimum absolute atomic E-state index is 0.271. The number of hydrogen-bond donors (Lipinski definition) is 0. The van der Waals surface area contributed by atoms with Gasteiger partial charge in [-0.05, 0) is 38.2 Å². The van der Waals surface area contributed by atoms with Gasteiger partial charge in [0, 0.05) is 11.6 Å². The second kappa shape index (κ2) is 9.96. The first-order valence-electron chi connectivity index (χ1n) is 7.14. The third-order valence-electron chi connectivity index (χ3n) is 3.04. The fourth-order valence-corrected chi connectivity index (χ4v) is 2.00. The lowest BCUT2D eigenvalue weighted by Gasteiger charge is -2.03. The van der Waals surface area contributed by atoms with Gasteiger partial charge in [-0.1, -0.05) is 36.8 Å². The summed E-state index contributed by atoms with van der Waals surface area (Å²) in [6.45, 7) is 2.21. The predicted octanol–water partition coefficient (Wildman–Crippen LogP) is 3.72. The van der Waals surface area contributed by atoms with Crippen molar-refractivity contribution in [2.75, 3.05) is 6.61 Å². The van der Waals surface area contributed by atoms with Crippen molar-refractivity contribution < 1.29 is 14.3 Å². The highest BCUT2D eigenvalue weighted by Gasteiger charge is 1.99. The molecular formula is C17H22O3. The molecule has 0 fully saturated rings. The van der Waals surface area contributed by atoms with E-state index in [0.717, 1.165) is 49.5 Å². The highest BCUT2D eigenvalue weighted by molar-refractivity contribution is 5.81. The molecule has 1 aromatic carbocycles. The second-order valence-corrected chi connectivity index (χ2v) is 4.57. The SMILES string of the molecule is CCOC(=O)/C=C/CCCCCc1ccccc1C=O. The maximum atomic E-state index is 11.0. The Balaban J connectivity index is 2.16. The monoisotopic (exact) mass is 274 g/mol. The molecule has 0 aliphatic rings. The van der Waals surface area contributed by atoms with Crippen LogP contribution in [0.5, 0.6) is 0 Å². The Morgan fingerprint density at radius 1 is 1.20 bits per heavy atom. The van der Waals surface area contributed by atoms with Gasteiger partial charge in [0.25, 0.3) is 0 Å². The van der Waals surface area contributed by atoms with Crippen LogP contribution in [0.3, 0.4) is 0 Å². The lowest BCUT2D eigenvalue weighted by atomic mass is 10.0. The zero-order valence-electron chi connectivity index (χ0n) is 12.0. The molecule has 0 spiro atoms. The molecule has 0 atom stereocenters. The number of carbonyl (C=O) groups is 2. The Labute approximate surface area is 120 Å². The van der Waals surface area contributed by atoms with Gasteiger partial charge in [-0.3, -0.25) is 4.79 Å². The quantitative estimate of drug-likeness (QED) is 0.298. The summed E-state index contributed by atoms with van der Waals surface area (Å²) in [4.78, 5) is 21.9. The summed E-state index contributed by atoms with van der Waals surface area (Å²) in [6.07, 6.45) is 9.25. The Hall–Kier alpha value is -1.90. The van der Waals surface area contributed by atoms with E-state index in [1.54, 1.807) is 6.92 Å². The highest BCUT2D eigenvalue weighted by Crippen LogP contribution is 2.11. The summed E-state index contributed by atoms with van der Waals surface area (Å²) in [6, 6.07) is 7.70.